The van der Waals surface area contributed by atoms with Crippen LogP contribution in [-0.2, 0) is 0 Å². The highest BCUT2D eigenvalue weighted by molar-refractivity contribution is 6.30. The number of anilines is 2. The van der Waals surface area contributed by atoms with Gasteiger partial charge in [-0.05, 0) is 30.3 Å². The molecule has 0 unspecified atom stereocenters. The maximum atomic E-state index is 13.6. The smallest absolute Gasteiger partial charge is 0.258 e. The van der Waals surface area contributed by atoms with Gasteiger partial charge in [0.2, 0.25) is 0 Å². The fourth-order valence-corrected chi connectivity index (χ4v) is 1.78. The Kier molecular flexibility index (Phi) is 4.05. The molecule has 0 bridgehead atoms. The molecule has 0 aliphatic carbocycles. The van der Waals surface area contributed by atoms with Crippen molar-refractivity contribution in [3.8, 4) is 6.07 Å². The van der Waals surface area contributed by atoms with E-state index in [2.05, 4.69) is 5.32 Å². The minimum atomic E-state index is -0.953. The summed E-state index contributed by atoms with van der Waals surface area (Å²) in [5.41, 5.74) is 5.80. The summed E-state index contributed by atoms with van der Waals surface area (Å²) < 4.78 is 26.9. The van der Waals surface area contributed by atoms with E-state index in [9.17, 15) is 13.6 Å². The monoisotopic (exact) mass is 307 g/mol. The van der Waals surface area contributed by atoms with E-state index in [0.29, 0.717) is 17.7 Å². The van der Waals surface area contributed by atoms with Crippen LogP contribution in [0.5, 0.6) is 0 Å². The van der Waals surface area contributed by atoms with Crippen LogP contribution in [0.2, 0.25) is 5.02 Å². The van der Waals surface area contributed by atoms with Gasteiger partial charge < -0.3 is 11.1 Å². The first-order chi connectivity index (χ1) is 9.92. The van der Waals surface area contributed by atoms with E-state index in [4.69, 9.17) is 22.6 Å². The van der Waals surface area contributed by atoms with E-state index >= 15 is 0 Å². The summed E-state index contributed by atoms with van der Waals surface area (Å²) in [6.07, 6.45) is 0. The van der Waals surface area contributed by atoms with Crippen LogP contribution >= 0.6 is 11.6 Å². The predicted octanol–water partition coefficient (Wildman–Crippen LogP) is 3.32. The fraction of sp³-hybridized carbons (Fsp3) is 0. The number of benzene rings is 2. The first kappa shape index (κ1) is 14.8. The Morgan fingerprint density at radius 2 is 1.95 bits per heavy atom. The van der Waals surface area contributed by atoms with Crippen LogP contribution in [-0.4, -0.2) is 5.91 Å². The van der Waals surface area contributed by atoms with E-state index in [1.807, 2.05) is 6.07 Å². The number of nitrogens with two attached hydrogens (primary N) is 1. The van der Waals surface area contributed by atoms with Crippen molar-refractivity contribution in [2.24, 2.45) is 0 Å². The molecule has 2 aromatic carbocycles. The topological polar surface area (TPSA) is 78.9 Å². The Hall–Kier alpha value is -2.65. The number of nitriles is 1. The Bertz CT molecular complexity index is 772. The average molecular weight is 308 g/mol. The molecule has 2 rings (SSSR count). The molecular formula is C14H8ClF2N3O. The molecule has 0 saturated carbocycles. The zero-order valence-corrected chi connectivity index (χ0v) is 11.2. The van der Waals surface area contributed by atoms with Gasteiger partial charge in [0, 0.05) is 0 Å². The van der Waals surface area contributed by atoms with Crippen LogP contribution in [0.1, 0.15) is 15.9 Å². The average Bonchev–Trinajstić information content (AvgIpc) is 2.44. The number of carbonyl (C=O) groups is 1. The lowest BCUT2D eigenvalue weighted by atomic mass is 10.1. The van der Waals surface area contributed by atoms with Gasteiger partial charge in [0.15, 0.2) is 0 Å². The summed E-state index contributed by atoms with van der Waals surface area (Å²) in [6.45, 7) is 0. The molecule has 0 spiro atoms. The molecule has 3 N–H and O–H groups in total. The molecule has 0 aliphatic heterocycles. The lowest BCUT2D eigenvalue weighted by Gasteiger charge is -2.09. The van der Waals surface area contributed by atoms with Crippen molar-refractivity contribution in [2.45, 2.75) is 0 Å². The second-order valence-corrected chi connectivity index (χ2v) is 4.52. The summed E-state index contributed by atoms with van der Waals surface area (Å²) in [6, 6.07) is 7.49. The molecule has 0 aliphatic rings. The summed E-state index contributed by atoms with van der Waals surface area (Å²) in [5, 5.41) is 10.6. The van der Waals surface area contributed by atoms with E-state index in [-0.39, 0.29) is 11.4 Å². The Morgan fingerprint density at radius 1 is 1.24 bits per heavy atom. The van der Waals surface area contributed by atoms with E-state index < -0.39 is 28.1 Å². The molecule has 4 nitrogen and oxygen atoms in total. The molecule has 0 radical (unpaired) electrons. The highest BCUT2D eigenvalue weighted by Crippen LogP contribution is 2.23. The number of hydrogen-bond acceptors (Lipinski definition) is 3. The SMILES string of the molecule is N#Cc1ccc(NC(=O)c2cc(F)c(Cl)cc2F)c(N)c1. The molecule has 106 valence electrons. The number of amides is 1. The molecule has 0 saturated heterocycles. The molecule has 1 amide bonds. The summed E-state index contributed by atoms with van der Waals surface area (Å²) in [7, 11) is 0. The summed E-state index contributed by atoms with van der Waals surface area (Å²) >= 11 is 5.41. The summed E-state index contributed by atoms with van der Waals surface area (Å²) in [4.78, 5) is 11.9. The zero-order chi connectivity index (χ0) is 15.6. The number of rotatable bonds is 2. The van der Waals surface area contributed by atoms with Crippen molar-refractivity contribution in [3.63, 3.8) is 0 Å². The van der Waals surface area contributed by atoms with Crippen molar-refractivity contribution in [3.05, 3.63) is 58.1 Å². The first-order valence-corrected chi connectivity index (χ1v) is 6.05. The van der Waals surface area contributed by atoms with Gasteiger partial charge in [-0.15, -0.1) is 0 Å². The van der Waals surface area contributed by atoms with Crippen LogP contribution in [0, 0.1) is 23.0 Å². The zero-order valence-electron chi connectivity index (χ0n) is 10.5. The van der Waals surface area contributed by atoms with Crippen molar-refractivity contribution < 1.29 is 13.6 Å². The largest absolute Gasteiger partial charge is 0.397 e. The highest BCUT2D eigenvalue weighted by atomic mass is 35.5. The second kappa shape index (κ2) is 5.77. The lowest BCUT2D eigenvalue weighted by Crippen LogP contribution is -2.15. The van der Waals surface area contributed by atoms with Crippen LogP contribution in [0.25, 0.3) is 0 Å². The van der Waals surface area contributed by atoms with Gasteiger partial charge in [-0.2, -0.15) is 5.26 Å². The predicted molar refractivity (Wildman–Crippen MR) is 74.9 cm³/mol. The van der Waals surface area contributed by atoms with Gasteiger partial charge in [0.25, 0.3) is 5.91 Å². The van der Waals surface area contributed by atoms with Gasteiger partial charge in [-0.1, -0.05) is 11.6 Å². The van der Waals surface area contributed by atoms with Crippen molar-refractivity contribution in [2.75, 3.05) is 11.1 Å². The standard InChI is InChI=1S/C14H8ClF2N3O/c15-9-5-10(16)8(4-11(9)17)14(21)20-13-2-1-7(6-18)3-12(13)19/h1-5H,19H2,(H,20,21). The maximum Gasteiger partial charge on any atom is 0.258 e. The third-order valence-electron chi connectivity index (χ3n) is 2.68. The first-order valence-electron chi connectivity index (χ1n) is 5.68. The van der Waals surface area contributed by atoms with Gasteiger partial charge >= 0.3 is 0 Å². The van der Waals surface area contributed by atoms with Gasteiger partial charge in [0.05, 0.1) is 33.6 Å². The molecule has 2 aromatic rings. The van der Waals surface area contributed by atoms with Crippen LogP contribution < -0.4 is 11.1 Å². The van der Waals surface area contributed by atoms with Crippen molar-refractivity contribution in [1.82, 2.24) is 0 Å². The van der Waals surface area contributed by atoms with Crippen LogP contribution in [0.3, 0.4) is 0 Å². The molecule has 0 heterocycles. The number of halogens is 3. The van der Waals surface area contributed by atoms with E-state index in [1.165, 1.54) is 18.2 Å². The number of nitrogens with zero attached hydrogens (tertiary/aromatic N) is 1. The lowest BCUT2D eigenvalue weighted by molar-refractivity contribution is 0.102. The van der Waals surface area contributed by atoms with Gasteiger partial charge in [-0.3, -0.25) is 4.79 Å². The number of nitrogen functional groups attached to an aromatic ring is 1. The third-order valence-corrected chi connectivity index (χ3v) is 2.97. The van der Waals surface area contributed by atoms with Gasteiger partial charge in [-0.25, -0.2) is 8.78 Å². The highest BCUT2D eigenvalue weighted by Gasteiger charge is 2.16. The van der Waals surface area contributed by atoms with Crippen LogP contribution in [0.4, 0.5) is 20.2 Å². The van der Waals surface area contributed by atoms with E-state index in [1.54, 1.807) is 0 Å². The fourth-order valence-electron chi connectivity index (χ4n) is 1.63. The molecule has 0 atom stereocenters. The Balaban J connectivity index is 2.31. The minimum Gasteiger partial charge on any atom is -0.397 e. The molecule has 21 heavy (non-hydrogen) atoms. The molecule has 0 fully saturated rings. The van der Waals surface area contributed by atoms with Crippen molar-refractivity contribution >= 4 is 28.9 Å². The minimum absolute atomic E-state index is 0.136. The number of nitrogens with one attached hydrogen (secondary N) is 1. The number of hydrogen-bond donors (Lipinski definition) is 2. The maximum absolute atomic E-state index is 13.6. The van der Waals surface area contributed by atoms with E-state index in [0.717, 1.165) is 0 Å². The second-order valence-electron chi connectivity index (χ2n) is 4.11. The molecule has 7 heteroatoms. The van der Waals surface area contributed by atoms with Gasteiger partial charge in [0.1, 0.15) is 11.6 Å². The van der Waals surface area contributed by atoms with Crippen molar-refractivity contribution in [1.29, 1.82) is 5.26 Å². The Morgan fingerprint density at radius 3 is 2.57 bits per heavy atom. The van der Waals surface area contributed by atoms with Crippen LogP contribution in [0.15, 0.2) is 30.3 Å². The Labute approximate surface area is 123 Å². The molecular weight excluding hydrogens is 300 g/mol. The number of carbonyl (C=O) groups excluding carboxylic acids is 1. The quantitative estimate of drug-likeness (QED) is 0.660. The normalized spacial score (nSPS) is 10.0. The summed E-state index contributed by atoms with van der Waals surface area (Å²) in [5.74, 6) is -2.73. The third kappa shape index (κ3) is 3.09. The molecule has 0 aromatic heterocycles.